The minimum atomic E-state index is -1.55. The van der Waals surface area contributed by atoms with Crippen molar-refractivity contribution in [3.63, 3.8) is 0 Å². The van der Waals surface area contributed by atoms with E-state index in [0.29, 0.717) is 43.5 Å². The predicted octanol–water partition coefficient (Wildman–Crippen LogP) is 0.578. The SMILES string of the molecule is NCCCC[C@H](NC(=O)[C@@H](Cc1c[nH]c2ccccc12)NC(=O)[C@H](Cc1ccccc1)NC(=O)[C@@H]1CCCN1)C(=O)N[C@@H](CO)C(=O)N[C@@H](Cc1ccccc1)C(=O)O. The molecule has 4 aromatic rings. The molecule has 0 spiro atoms. The minimum absolute atomic E-state index is 0.00850. The average molecular weight is 811 g/mol. The molecule has 2 heterocycles. The van der Waals surface area contributed by atoms with Gasteiger partial charge in [-0.1, -0.05) is 78.9 Å². The van der Waals surface area contributed by atoms with Gasteiger partial charge < -0.3 is 52.8 Å². The van der Waals surface area contributed by atoms with Gasteiger partial charge in [0.2, 0.25) is 29.5 Å². The monoisotopic (exact) mass is 810 g/mol. The van der Waals surface area contributed by atoms with Crippen LogP contribution in [0.3, 0.4) is 0 Å². The van der Waals surface area contributed by atoms with Gasteiger partial charge in [0.05, 0.1) is 12.6 Å². The topological polar surface area (TPSA) is 257 Å². The Morgan fingerprint density at radius 1 is 0.661 bits per heavy atom. The molecule has 5 amide bonds. The van der Waals surface area contributed by atoms with Crippen LogP contribution in [0.1, 0.15) is 48.8 Å². The van der Waals surface area contributed by atoms with Crippen LogP contribution in [0.5, 0.6) is 0 Å². The summed E-state index contributed by atoms with van der Waals surface area (Å²) in [5.41, 5.74) is 8.71. The summed E-state index contributed by atoms with van der Waals surface area (Å²) in [6.45, 7) is 0.135. The number of carboxylic acid groups (broad SMARTS) is 1. The largest absolute Gasteiger partial charge is 0.480 e. The Bertz CT molecular complexity index is 2020. The Hall–Kier alpha value is -6.10. The third-order valence-electron chi connectivity index (χ3n) is 10.3. The quantitative estimate of drug-likeness (QED) is 0.0494. The van der Waals surface area contributed by atoms with Crippen molar-refractivity contribution < 1.29 is 39.0 Å². The van der Waals surface area contributed by atoms with Crippen LogP contribution >= 0.6 is 0 Å². The van der Waals surface area contributed by atoms with Crippen LogP contribution in [0, 0.1) is 0 Å². The summed E-state index contributed by atoms with van der Waals surface area (Å²) >= 11 is 0. The van der Waals surface area contributed by atoms with Crippen molar-refractivity contribution in [2.75, 3.05) is 19.7 Å². The zero-order valence-corrected chi connectivity index (χ0v) is 32.8. The third-order valence-corrected chi connectivity index (χ3v) is 10.3. The van der Waals surface area contributed by atoms with Crippen LogP contribution in [-0.2, 0) is 48.0 Å². The second-order valence-corrected chi connectivity index (χ2v) is 14.7. The fourth-order valence-corrected chi connectivity index (χ4v) is 7.06. The van der Waals surface area contributed by atoms with Crippen LogP contribution < -0.4 is 37.6 Å². The van der Waals surface area contributed by atoms with Gasteiger partial charge in [-0.25, -0.2) is 4.79 Å². The van der Waals surface area contributed by atoms with E-state index in [-0.39, 0.29) is 31.6 Å². The van der Waals surface area contributed by atoms with Crippen molar-refractivity contribution >= 4 is 46.4 Å². The number of carboxylic acids is 1. The number of aliphatic hydroxyl groups is 1. The molecule has 1 aromatic heterocycles. The number of aromatic nitrogens is 1. The lowest BCUT2D eigenvalue weighted by molar-refractivity contribution is -0.142. The molecular formula is C43H54N8O8. The number of carbonyl (C=O) groups is 6. The zero-order valence-electron chi connectivity index (χ0n) is 32.8. The van der Waals surface area contributed by atoms with Gasteiger partial charge in [0.25, 0.3) is 0 Å². The first-order valence-electron chi connectivity index (χ1n) is 20.0. The fourth-order valence-electron chi connectivity index (χ4n) is 7.06. The minimum Gasteiger partial charge on any atom is -0.480 e. The summed E-state index contributed by atoms with van der Waals surface area (Å²) < 4.78 is 0. The van der Waals surface area contributed by atoms with Gasteiger partial charge in [-0.2, -0.15) is 0 Å². The summed E-state index contributed by atoms with van der Waals surface area (Å²) in [5.74, 6) is -4.69. The lowest BCUT2D eigenvalue weighted by Gasteiger charge is -2.27. The number of aliphatic carboxylic acids is 1. The maximum Gasteiger partial charge on any atom is 0.326 e. The molecule has 59 heavy (non-hydrogen) atoms. The number of aromatic amines is 1. The van der Waals surface area contributed by atoms with Gasteiger partial charge in [0.1, 0.15) is 30.2 Å². The van der Waals surface area contributed by atoms with Crippen molar-refractivity contribution in [1.82, 2.24) is 36.9 Å². The molecule has 3 aromatic carbocycles. The van der Waals surface area contributed by atoms with E-state index in [2.05, 4.69) is 36.9 Å². The predicted molar refractivity (Wildman–Crippen MR) is 221 cm³/mol. The standard InChI is InChI=1S/C43H54N8O8/c44-20-10-9-18-33(39(54)51-37(26-52)42(57)50-36(43(58)59)23-28-14-5-2-6-15-28)47-41(56)35(24-29-25-46-31-17-8-7-16-30(29)31)49-40(55)34(22-27-12-3-1-4-13-27)48-38(53)32-19-11-21-45-32/h1-8,12-17,25,32-37,45-46,52H,9-11,18-24,26,44H2,(H,47,56)(H,48,53)(H,49,55)(H,50,57)(H,51,54)(H,58,59)/t32-,33-,34-,35+,36-,37-/m0/s1. The Labute approximate surface area is 342 Å². The number of benzene rings is 3. The van der Waals surface area contributed by atoms with E-state index in [4.69, 9.17) is 5.73 Å². The molecule has 16 nitrogen and oxygen atoms in total. The highest BCUT2D eigenvalue weighted by Crippen LogP contribution is 2.20. The van der Waals surface area contributed by atoms with Gasteiger partial charge in [0, 0.05) is 36.4 Å². The molecule has 1 saturated heterocycles. The Morgan fingerprint density at radius 2 is 1.20 bits per heavy atom. The number of hydrogen-bond donors (Lipinski definition) is 10. The van der Waals surface area contributed by atoms with Crippen LogP contribution in [0.4, 0.5) is 0 Å². The van der Waals surface area contributed by atoms with Crippen LogP contribution in [0.15, 0.2) is 91.1 Å². The first-order chi connectivity index (χ1) is 28.6. The summed E-state index contributed by atoms with van der Waals surface area (Å²) in [7, 11) is 0. The number of fused-ring (bicyclic) bond motifs is 1. The molecular weight excluding hydrogens is 757 g/mol. The summed E-state index contributed by atoms with van der Waals surface area (Å²) in [4.78, 5) is 84.2. The van der Waals surface area contributed by atoms with E-state index in [1.54, 1.807) is 36.5 Å². The highest BCUT2D eigenvalue weighted by atomic mass is 16.4. The molecule has 16 heteroatoms. The smallest absolute Gasteiger partial charge is 0.326 e. The van der Waals surface area contributed by atoms with Crippen molar-refractivity contribution in [2.24, 2.45) is 5.73 Å². The number of rotatable bonds is 22. The molecule has 1 fully saturated rings. The number of aliphatic hydroxyl groups excluding tert-OH is 1. The van der Waals surface area contributed by atoms with Crippen LogP contribution in [-0.4, -0.2) is 107 Å². The molecule has 0 bridgehead atoms. The van der Waals surface area contributed by atoms with E-state index < -0.39 is 72.5 Å². The Balaban J connectivity index is 1.36. The normalized spacial score (nSPS) is 16.2. The Morgan fingerprint density at radius 3 is 1.81 bits per heavy atom. The average Bonchev–Trinajstić information content (AvgIpc) is 3.93. The van der Waals surface area contributed by atoms with E-state index in [0.717, 1.165) is 22.9 Å². The molecule has 5 rings (SSSR count). The number of amides is 5. The molecule has 1 aliphatic heterocycles. The number of hydrogen-bond acceptors (Lipinski definition) is 9. The van der Waals surface area contributed by atoms with Crippen LogP contribution in [0.25, 0.3) is 10.9 Å². The van der Waals surface area contributed by atoms with E-state index in [1.807, 2.05) is 54.6 Å². The summed E-state index contributed by atoms with van der Waals surface area (Å²) in [6, 6.07) is 18.4. The lowest BCUT2D eigenvalue weighted by atomic mass is 10.0. The van der Waals surface area contributed by atoms with Gasteiger partial charge in [-0.15, -0.1) is 0 Å². The number of para-hydroxylation sites is 1. The fraction of sp³-hybridized carbons (Fsp3) is 0.395. The second kappa shape index (κ2) is 22.2. The highest BCUT2D eigenvalue weighted by molar-refractivity contribution is 5.97. The first-order valence-corrected chi connectivity index (χ1v) is 20.0. The highest BCUT2D eigenvalue weighted by Gasteiger charge is 2.34. The maximum atomic E-state index is 14.4. The van der Waals surface area contributed by atoms with E-state index in [1.165, 1.54) is 0 Å². The molecule has 0 unspecified atom stereocenters. The molecule has 6 atom stereocenters. The van der Waals surface area contributed by atoms with Crippen LogP contribution in [0.2, 0.25) is 0 Å². The second-order valence-electron chi connectivity index (χ2n) is 14.7. The number of H-pyrrole nitrogens is 1. The number of unbranched alkanes of at least 4 members (excludes halogenated alkanes) is 1. The van der Waals surface area contributed by atoms with Crippen molar-refractivity contribution in [2.45, 2.75) is 87.6 Å². The van der Waals surface area contributed by atoms with Crippen molar-refractivity contribution in [3.8, 4) is 0 Å². The molecule has 0 aliphatic carbocycles. The van der Waals surface area contributed by atoms with Crippen molar-refractivity contribution in [3.05, 3.63) is 108 Å². The Kier molecular flexibility index (Phi) is 16.5. The molecule has 0 radical (unpaired) electrons. The maximum absolute atomic E-state index is 14.4. The first kappa shape index (κ1) is 44.0. The van der Waals surface area contributed by atoms with Gasteiger partial charge in [-0.3, -0.25) is 24.0 Å². The van der Waals surface area contributed by atoms with E-state index in [9.17, 15) is 39.0 Å². The molecule has 1 aliphatic rings. The van der Waals surface area contributed by atoms with Gasteiger partial charge >= 0.3 is 5.97 Å². The van der Waals surface area contributed by atoms with Crippen molar-refractivity contribution in [1.29, 1.82) is 0 Å². The molecule has 0 saturated carbocycles. The van der Waals surface area contributed by atoms with E-state index >= 15 is 0 Å². The number of carbonyl (C=O) groups excluding carboxylic acids is 5. The lowest BCUT2D eigenvalue weighted by Crippen LogP contribution is -2.60. The van der Waals surface area contributed by atoms with Gasteiger partial charge in [-0.05, 0) is 68.0 Å². The number of nitrogens with two attached hydrogens (primary N) is 1. The van der Waals surface area contributed by atoms with Gasteiger partial charge in [0.15, 0.2) is 0 Å². The third kappa shape index (κ3) is 12.9. The molecule has 314 valence electrons. The zero-order chi connectivity index (χ0) is 42.1. The number of nitrogens with one attached hydrogen (secondary N) is 7. The summed E-state index contributed by atoms with van der Waals surface area (Å²) in [5, 5.41) is 37.3. The molecule has 11 N–H and O–H groups in total. The summed E-state index contributed by atoms with van der Waals surface area (Å²) in [6.07, 6.45) is 4.31.